The Kier molecular flexibility index (Phi) is 12.1. The van der Waals surface area contributed by atoms with Gasteiger partial charge in [-0.1, -0.05) is 37.6 Å². The quantitative estimate of drug-likeness (QED) is 0.387. The molecule has 1 N–H and O–H groups in total. The first kappa shape index (κ1) is 22.2. The first-order valence-corrected chi connectivity index (χ1v) is 8.28. The number of hydrogen-bond acceptors (Lipinski definition) is 2. The predicted molar refractivity (Wildman–Crippen MR) is 112 cm³/mol. The molecule has 132 valence electrons. The lowest BCUT2D eigenvalue weighted by atomic mass is 10.1. The number of hydrogen-bond donors (Lipinski definition) is 1. The molecule has 0 amide bonds. The molecule has 0 unspecified atom stereocenters. The van der Waals surface area contributed by atoms with Crippen molar-refractivity contribution in [1.82, 2.24) is 15.1 Å². The maximum absolute atomic E-state index is 4.75. The van der Waals surface area contributed by atoms with Crippen LogP contribution in [-0.4, -0.2) is 50.0 Å². The van der Waals surface area contributed by atoms with Gasteiger partial charge in [-0.25, -0.2) is 4.99 Å². The number of nitrogens with one attached hydrogen (secondary N) is 1. The number of guanidine groups is 1. The summed E-state index contributed by atoms with van der Waals surface area (Å²) in [6.45, 7) is 7.97. The molecular weight excluding hydrogens is 399 g/mol. The third-order valence-electron chi connectivity index (χ3n) is 3.48. The molecule has 1 aromatic rings. The van der Waals surface area contributed by atoms with Crippen LogP contribution in [0.4, 0.5) is 0 Å². The van der Waals surface area contributed by atoms with Gasteiger partial charge in [-0.15, -0.1) is 24.0 Å². The van der Waals surface area contributed by atoms with Gasteiger partial charge in [0.25, 0.3) is 0 Å². The van der Waals surface area contributed by atoms with Crippen LogP contribution in [-0.2, 0) is 13.1 Å². The van der Waals surface area contributed by atoms with E-state index in [1.807, 2.05) is 0 Å². The van der Waals surface area contributed by atoms with Crippen LogP contribution in [0.25, 0.3) is 0 Å². The molecule has 0 aliphatic rings. The number of halogens is 1. The zero-order chi connectivity index (χ0) is 16.4. The summed E-state index contributed by atoms with van der Waals surface area (Å²) >= 11 is 0. The van der Waals surface area contributed by atoms with E-state index in [4.69, 9.17) is 4.99 Å². The molecular formula is C18H33IN4. The van der Waals surface area contributed by atoms with Gasteiger partial charge in [0.1, 0.15) is 0 Å². The van der Waals surface area contributed by atoms with Gasteiger partial charge in [0.2, 0.25) is 0 Å². The minimum absolute atomic E-state index is 0. The molecule has 1 rings (SSSR count). The van der Waals surface area contributed by atoms with Crippen molar-refractivity contribution in [3.05, 3.63) is 35.4 Å². The summed E-state index contributed by atoms with van der Waals surface area (Å²) in [4.78, 5) is 9.14. The zero-order valence-corrected chi connectivity index (χ0v) is 17.6. The summed E-state index contributed by atoms with van der Waals surface area (Å²) in [7, 11) is 6.29. The van der Waals surface area contributed by atoms with Crippen molar-refractivity contribution in [3.63, 3.8) is 0 Å². The van der Waals surface area contributed by atoms with Crippen LogP contribution in [0.3, 0.4) is 0 Å². The zero-order valence-electron chi connectivity index (χ0n) is 15.3. The predicted octanol–water partition coefficient (Wildman–Crippen LogP) is 3.56. The Bertz CT molecular complexity index is 443. The van der Waals surface area contributed by atoms with E-state index < -0.39 is 0 Å². The largest absolute Gasteiger partial charge is 0.357 e. The Morgan fingerprint density at radius 2 is 1.65 bits per heavy atom. The second-order valence-electron chi connectivity index (χ2n) is 6.00. The van der Waals surface area contributed by atoms with Crippen molar-refractivity contribution in [2.75, 3.05) is 34.2 Å². The number of benzene rings is 1. The van der Waals surface area contributed by atoms with Gasteiger partial charge in [0.15, 0.2) is 5.96 Å². The number of rotatable bonds is 8. The van der Waals surface area contributed by atoms with Crippen LogP contribution in [0.15, 0.2) is 29.3 Å². The molecule has 0 saturated carbocycles. The topological polar surface area (TPSA) is 30.9 Å². The van der Waals surface area contributed by atoms with Crippen molar-refractivity contribution in [2.24, 2.45) is 4.99 Å². The highest BCUT2D eigenvalue weighted by molar-refractivity contribution is 14.0. The SMILES string of the molecule is CCCCN(C)C(=NCc1ccc(CN(C)C)cc1)NCC.I. The van der Waals surface area contributed by atoms with Gasteiger partial charge in [-0.3, -0.25) is 0 Å². The van der Waals surface area contributed by atoms with E-state index in [-0.39, 0.29) is 24.0 Å². The smallest absolute Gasteiger partial charge is 0.193 e. The van der Waals surface area contributed by atoms with Crippen LogP contribution in [0.2, 0.25) is 0 Å². The fourth-order valence-corrected chi connectivity index (χ4v) is 2.25. The molecule has 23 heavy (non-hydrogen) atoms. The van der Waals surface area contributed by atoms with Gasteiger partial charge in [0.05, 0.1) is 6.54 Å². The lowest BCUT2D eigenvalue weighted by Gasteiger charge is -2.21. The van der Waals surface area contributed by atoms with Gasteiger partial charge in [-0.2, -0.15) is 0 Å². The first-order valence-electron chi connectivity index (χ1n) is 8.28. The Balaban J connectivity index is 0.00000484. The van der Waals surface area contributed by atoms with Crippen molar-refractivity contribution >= 4 is 29.9 Å². The normalized spacial score (nSPS) is 11.3. The van der Waals surface area contributed by atoms with Crippen molar-refractivity contribution < 1.29 is 0 Å². The molecule has 0 radical (unpaired) electrons. The lowest BCUT2D eigenvalue weighted by Crippen LogP contribution is -2.39. The molecule has 0 heterocycles. The second kappa shape index (κ2) is 12.6. The van der Waals surface area contributed by atoms with Crippen LogP contribution >= 0.6 is 24.0 Å². The van der Waals surface area contributed by atoms with Crippen LogP contribution in [0, 0.1) is 0 Å². The molecule has 5 heteroatoms. The monoisotopic (exact) mass is 432 g/mol. The molecule has 0 fully saturated rings. The minimum atomic E-state index is 0. The number of aliphatic imine (C=N–C) groups is 1. The van der Waals surface area contributed by atoms with Gasteiger partial charge < -0.3 is 15.1 Å². The fraction of sp³-hybridized carbons (Fsp3) is 0.611. The third kappa shape index (κ3) is 9.15. The molecule has 0 aromatic heterocycles. The number of unbranched alkanes of at least 4 members (excludes halogenated alkanes) is 1. The number of nitrogens with zero attached hydrogens (tertiary/aromatic N) is 3. The average molecular weight is 432 g/mol. The molecule has 0 aliphatic heterocycles. The molecule has 0 bridgehead atoms. The van der Waals surface area contributed by atoms with E-state index >= 15 is 0 Å². The van der Waals surface area contributed by atoms with E-state index in [2.05, 4.69) is 74.4 Å². The first-order chi connectivity index (χ1) is 10.6. The standard InChI is InChI=1S/C18H32N4.HI/c1-6-8-13-22(5)18(19-7-2)20-14-16-9-11-17(12-10-16)15-21(3)4;/h9-12H,6-8,13-15H2,1-5H3,(H,19,20);1H. The molecule has 4 nitrogen and oxygen atoms in total. The average Bonchev–Trinajstić information content (AvgIpc) is 2.50. The molecule has 0 aliphatic carbocycles. The lowest BCUT2D eigenvalue weighted by molar-refractivity contribution is 0.402. The summed E-state index contributed by atoms with van der Waals surface area (Å²) in [5.41, 5.74) is 2.59. The second-order valence-corrected chi connectivity index (χ2v) is 6.00. The van der Waals surface area contributed by atoms with Crippen LogP contribution < -0.4 is 5.32 Å². The van der Waals surface area contributed by atoms with Gasteiger partial charge in [0, 0.05) is 26.7 Å². The molecule has 0 spiro atoms. The molecule has 0 saturated heterocycles. The van der Waals surface area contributed by atoms with E-state index in [9.17, 15) is 0 Å². The fourth-order valence-electron chi connectivity index (χ4n) is 2.25. The summed E-state index contributed by atoms with van der Waals surface area (Å²) in [6, 6.07) is 8.74. The van der Waals surface area contributed by atoms with Gasteiger partial charge in [-0.05, 0) is 38.6 Å². The highest BCUT2D eigenvalue weighted by Crippen LogP contribution is 2.07. The van der Waals surface area contributed by atoms with E-state index in [0.717, 1.165) is 32.1 Å². The van der Waals surface area contributed by atoms with E-state index in [1.165, 1.54) is 24.0 Å². The van der Waals surface area contributed by atoms with E-state index in [1.54, 1.807) is 0 Å². The molecule has 0 atom stereocenters. The summed E-state index contributed by atoms with van der Waals surface area (Å²) in [5, 5.41) is 3.37. The van der Waals surface area contributed by atoms with E-state index in [0.29, 0.717) is 0 Å². The highest BCUT2D eigenvalue weighted by Gasteiger charge is 2.04. The Hall–Kier alpha value is -0.820. The highest BCUT2D eigenvalue weighted by atomic mass is 127. The van der Waals surface area contributed by atoms with Crippen LogP contribution in [0.5, 0.6) is 0 Å². The summed E-state index contributed by atoms with van der Waals surface area (Å²) in [6.07, 6.45) is 2.40. The van der Waals surface area contributed by atoms with Crippen molar-refractivity contribution in [1.29, 1.82) is 0 Å². The maximum atomic E-state index is 4.75. The Morgan fingerprint density at radius 3 is 2.17 bits per heavy atom. The Morgan fingerprint density at radius 1 is 1.04 bits per heavy atom. The summed E-state index contributed by atoms with van der Waals surface area (Å²) in [5.74, 6) is 0.994. The van der Waals surface area contributed by atoms with Crippen LogP contribution in [0.1, 0.15) is 37.8 Å². The van der Waals surface area contributed by atoms with Crippen molar-refractivity contribution in [3.8, 4) is 0 Å². The maximum Gasteiger partial charge on any atom is 0.193 e. The summed E-state index contributed by atoms with van der Waals surface area (Å²) < 4.78 is 0. The van der Waals surface area contributed by atoms with Gasteiger partial charge >= 0.3 is 0 Å². The molecule has 1 aromatic carbocycles. The minimum Gasteiger partial charge on any atom is -0.357 e. The Labute approximate surface area is 159 Å². The third-order valence-corrected chi connectivity index (χ3v) is 3.48. The van der Waals surface area contributed by atoms with Crippen molar-refractivity contribution in [2.45, 2.75) is 39.8 Å².